The molecule has 0 atom stereocenters. The van der Waals surface area contributed by atoms with Crippen molar-refractivity contribution in [1.29, 1.82) is 0 Å². The summed E-state index contributed by atoms with van der Waals surface area (Å²) in [5.41, 5.74) is -0.0265. The molecule has 0 fully saturated rings. The summed E-state index contributed by atoms with van der Waals surface area (Å²) >= 11 is 0. The second-order valence-corrected chi connectivity index (χ2v) is 8.31. The van der Waals surface area contributed by atoms with E-state index < -0.39 is 19.6 Å². The van der Waals surface area contributed by atoms with Crippen LogP contribution in [0.4, 0.5) is 8.78 Å². The van der Waals surface area contributed by atoms with E-state index in [2.05, 4.69) is 91.0 Å². The van der Waals surface area contributed by atoms with Crippen LogP contribution in [0.2, 0.25) is 0 Å². The van der Waals surface area contributed by atoms with Crippen LogP contribution in [-0.2, 0) is 22.4 Å². The Hall–Kier alpha value is -2.53. The first-order chi connectivity index (χ1) is 14.2. The molecule has 30 heavy (non-hydrogen) atoms. The quantitative estimate of drug-likeness (QED) is 0.130. The van der Waals surface area contributed by atoms with Gasteiger partial charge in [-0.25, -0.2) is 8.78 Å². The van der Waals surface area contributed by atoms with Gasteiger partial charge in [-0.3, -0.25) is 5.92 Å². The second-order valence-electron chi connectivity index (χ2n) is 6.09. The Bertz CT molecular complexity index is 984. The zero-order chi connectivity index (χ0) is 20.5. The van der Waals surface area contributed by atoms with Gasteiger partial charge in [-0.05, 0) is 36.0 Å². The molecule has 0 aliphatic heterocycles. The maximum atomic E-state index is 12.4. The first kappa shape index (κ1) is 23.7. The van der Waals surface area contributed by atoms with E-state index in [0.29, 0.717) is 0 Å². The summed E-state index contributed by atoms with van der Waals surface area (Å²) < 4.78 is 24.6. The Morgan fingerprint density at radius 3 is 1.33 bits per heavy atom. The molecule has 4 aromatic carbocycles. The van der Waals surface area contributed by atoms with Crippen molar-refractivity contribution in [2.24, 2.45) is 0 Å². The maximum Gasteiger partial charge on any atom is 1.00 e. The molecule has 0 bridgehead atoms. The zero-order valence-corrected chi connectivity index (χ0v) is 19.0. The molecule has 4 heteroatoms. The van der Waals surface area contributed by atoms with E-state index >= 15 is 0 Å². The summed E-state index contributed by atoms with van der Waals surface area (Å²) in [5.74, 6) is 0.434. The minimum Gasteiger partial charge on any atom is -0.366 e. The molecule has 0 amide bonds. The van der Waals surface area contributed by atoms with E-state index in [-0.39, 0.29) is 27.9 Å². The number of hydrogen-bond acceptors (Lipinski definition) is 0. The van der Waals surface area contributed by atoms with Gasteiger partial charge < -0.3 is 6.42 Å². The monoisotopic (exact) mass is 596 g/mol. The van der Waals surface area contributed by atoms with Crippen molar-refractivity contribution in [3.05, 3.63) is 133 Å². The Labute approximate surface area is 193 Å². The van der Waals surface area contributed by atoms with Gasteiger partial charge in [0.05, 0.1) is 5.82 Å². The summed E-state index contributed by atoms with van der Waals surface area (Å²) in [6, 6.07) is 35.3. The minimum atomic E-state index is -0.755. The topological polar surface area (TPSA) is 0 Å². The molecule has 4 aromatic rings. The molecule has 0 nitrogen and oxygen atoms in total. The Kier molecular flexibility index (Phi) is 9.68. The van der Waals surface area contributed by atoms with Crippen LogP contribution in [0.5, 0.6) is 0 Å². The molecule has 152 valence electrons. The molecule has 0 unspecified atom stereocenters. The average molecular weight is 596 g/mol. The zero-order valence-electron chi connectivity index (χ0n) is 15.9. The fourth-order valence-corrected chi connectivity index (χ4v) is 5.07. The molecular weight excluding hydrogens is 578 g/mol. The van der Waals surface area contributed by atoms with Gasteiger partial charge >= 0.3 is 22.4 Å². The van der Waals surface area contributed by atoms with E-state index in [1.807, 2.05) is 5.92 Å². The molecule has 0 aliphatic carbocycles. The first-order valence-electron chi connectivity index (χ1n) is 9.02. The predicted octanol–water partition coefficient (Wildman–Crippen LogP) is 5.34. The van der Waals surface area contributed by atoms with Crippen LogP contribution >= 0.6 is 7.92 Å². The van der Waals surface area contributed by atoms with E-state index in [0.717, 1.165) is 18.2 Å². The maximum absolute atomic E-state index is 12.4. The molecule has 0 aromatic heterocycles. The van der Waals surface area contributed by atoms with Crippen molar-refractivity contribution >= 4 is 23.8 Å². The van der Waals surface area contributed by atoms with Crippen molar-refractivity contribution in [3.8, 4) is 5.92 Å². The molecule has 0 N–H and O–H groups in total. The SMILES string of the molecule is [Au+].[C-]#Cc1ccc(F)cc1F.c1ccc(P(c2ccccc2)c2ccccc2)cc1. The molecular formula is C26H18AuF2P. The standard InChI is InChI=1S/C18H15P.C8H3F2.Au/c1-4-10-16(11-5-1)19(17-12-6-2-7-13-17)18-14-8-3-9-15-18;1-2-6-3-4-7(9)5-8(6)10;/h1-15H;3-5H;/q;-1;+1. The van der Waals surface area contributed by atoms with Gasteiger partial charge in [-0.1, -0.05) is 96.6 Å². The average Bonchev–Trinajstić information content (AvgIpc) is 2.77. The molecule has 4 rings (SSSR count). The van der Waals surface area contributed by atoms with Crippen molar-refractivity contribution in [2.75, 3.05) is 0 Å². The molecule has 0 saturated carbocycles. The Balaban J connectivity index is 0.000000249. The third kappa shape index (κ3) is 6.49. The van der Waals surface area contributed by atoms with Crippen LogP contribution in [0.1, 0.15) is 5.56 Å². The summed E-state index contributed by atoms with van der Waals surface area (Å²) in [7, 11) is -0.446. The Morgan fingerprint density at radius 2 is 1.00 bits per heavy atom. The van der Waals surface area contributed by atoms with Crippen molar-refractivity contribution in [2.45, 2.75) is 0 Å². The fourth-order valence-electron chi connectivity index (χ4n) is 2.77. The molecule has 0 aliphatic rings. The molecule has 0 spiro atoms. The minimum absolute atomic E-state index is 0. The van der Waals surface area contributed by atoms with Crippen molar-refractivity contribution in [1.82, 2.24) is 0 Å². The van der Waals surface area contributed by atoms with Crippen molar-refractivity contribution in [3.63, 3.8) is 0 Å². The normalized spacial score (nSPS) is 9.67. The van der Waals surface area contributed by atoms with Crippen LogP contribution in [0.3, 0.4) is 0 Å². The van der Waals surface area contributed by atoms with Crippen molar-refractivity contribution < 1.29 is 31.2 Å². The number of hydrogen-bond donors (Lipinski definition) is 0. The summed E-state index contributed by atoms with van der Waals surface area (Å²) in [6.07, 6.45) is 6.54. The largest absolute Gasteiger partial charge is 1.00 e. The predicted molar refractivity (Wildman–Crippen MR) is 118 cm³/mol. The van der Waals surface area contributed by atoms with Gasteiger partial charge in [0, 0.05) is 0 Å². The van der Waals surface area contributed by atoms with Gasteiger partial charge in [0.15, 0.2) is 0 Å². The molecule has 0 heterocycles. The van der Waals surface area contributed by atoms with Crippen LogP contribution in [0.25, 0.3) is 0 Å². The van der Waals surface area contributed by atoms with Gasteiger partial charge in [-0.2, -0.15) is 0 Å². The summed E-state index contributed by atoms with van der Waals surface area (Å²) in [4.78, 5) is 0. The van der Waals surface area contributed by atoms with Crippen LogP contribution in [0.15, 0.2) is 109 Å². The molecule has 0 radical (unpaired) electrons. The van der Waals surface area contributed by atoms with Gasteiger partial charge in [-0.15, -0.1) is 6.07 Å². The number of benzene rings is 4. The summed E-state index contributed by atoms with van der Waals surface area (Å²) in [6.45, 7) is 0. The number of rotatable bonds is 3. The molecule has 0 saturated heterocycles. The van der Waals surface area contributed by atoms with Crippen LogP contribution in [-0.4, -0.2) is 0 Å². The fraction of sp³-hybridized carbons (Fsp3) is 0. The van der Waals surface area contributed by atoms with Gasteiger partial charge in [0.25, 0.3) is 0 Å². The van der Waals surface area contributed by atoms with Crippen LogP contribution in [0, 0.1) is 24.0 Å². The third-order valence-corrected chi connectivity index (χ3v) is 6.55. The van der Waals surface area contributed by atoms with Crippen LogP contribution < -0.4 is 15.9 Å². The summed E-state index contributed by atoms with van der Waals surface area (Å²) in [5, 5.41) is 4.19. The van der Waals surface area contributed by atoms with E-state index in [9.17, 15) is 8.78 Å². The first-order valence-corrected chi connectivity index (χ1v) is 10.4. The van der Waals surface area contributed by atoms with E-state index in [1.54, 1.807) is 0 Å². The van der Waals surface area contributed by atoms with Gasteiger partial charge in [0.2, 0.25) is 0 Å². The Morgan fingerprint density at radius 1 is 0.600 bits per heavy atom. The van der Waals surface area contributed by atoms with E-state index in [1.165, 1.54) is 15.9 Å². The smallest absolute Gasteiger partial charge is 0.366 e. The third-order valence-electron chi connectivity index (χ3n) is 4.11. The van der Waals surface area contributed by atoms with Gasteiger partial charge in [0.1, 0.15) is 5.82 Å². The second kappa shape index (κ2) is 12.2. The van der Waals surface area contributed by atoms with E-state index in [4.69, 9.17) is 6.42 Å². The number of halogens is 2.